The van der Waals surface area contributed by atoms with Gasteiger partial charge in [0.15, 0.2) is 0 Å². The highest BCUT2D eigenvalue weighted by atomic mass is 16.4. The van der Waals surface area contributed by atoms with E-state index in [1.807, 2.05) is 23.6 Å². The Morgan fingerprint density at radius 2 is 2.13 bits per heavy atom. The van der Waals surface area contributed by atoms with Crippen molar-refractivity contribution < 1.29 is 9.90 Å². The van der Waals surface area contributed by atoms with E-state index in [-0.39, 0.29) is 0 Å². The third kappa shape index (κ3) is 1.50. The Balaban J connectivity index is 2.69. The van der Waals surface area contributed by atoms with Gasteiger partial charge in [-0.25, -0.2) is 4.79 Å². The molecule has 0 bridgehead atoms. The number of pyridine rings is 1. The molecule has 78 valence electrons. The van der Waals surface area contributed by atoms with Gasteiger partial charge in [0.25, 0.3) is 0 Å². The molecule has 0 atom stereocenters. The van der Waals surface area contributed by atoms with Crippen LogP contribution in [0.3, 0.4) is 0 Å². The minimum Gasteiger partial charge on any atom is -0.478 e. The second kappa shape index (κ2) is 3.42. The molecule has 3 nitrogen and oxygen atoms in total. The summed E-state index contributed by atoms with van der Waals surface area (Å²) >= 11 is 0. The van der Waals surface area contributed by atoms with Gasteiger partial charge in [-0.1, -0.05) is 6.92 Å². The predicted octanol–water partition coefficient (Wildman–Crippen LogP) is 2.51. The Kier molecular flexibility index (Phi) is 2.23. The topological polar surface area (TPSA) is 41.7 Å². The Bertz CT molecular complexity index is 526. The van der Waals surface area contributed by atoms with E-state index in [4.69, 9.17) is 5.11 Å². The highest BCUT2D eigenvalue weighted by Gasteiger charge is 2.08. The molecule has 2 aromatic rings. The fourth-order valence-corrected chi connectivity index (χ4v) is 1.96. The van der Waals surface area contributed by atoms with E-state index in [1.165, 1.54) is 11.1 Å². The van der Waals surface area contributed by atoms with Crippen LogP contribution in [0.25, 0.3) is 5.52 Å². The summed E-state index contributed by atoms with van der Waals surface area (Å²) in [6, 6.07) is 3.52. The van der Waals surface area contributed by atoms with Crippen molar-refractivity contribution in [2.24, 2.45) is 0 Å². The minimum absolute atomic E-state index is 0.320. The molecule has 0 amide bonds. The first-order valence-electron chi connectivity index (χ1n) is 4.97. The Morgan fingerprint density at radius 3 is 2.73 bits per heavy atom. The molecule has 0 radical (unpaired) electrons. The first kappa shape index (κ1) is 9.77. The van der Waals surface area contributed by atoms with Gasteiger partial charge in [0.1, 0.15) is 0 Å². The molecule has 15 heavy (non-hydrogen) atoms. The van der Waals surface area contributed by atoms with Gasteiger partial charge >= 0.3 is 5.97 Å². The molecule has 2 aromatic heterocycles. The van der Waals surface area contributed by atoms with Gasteiger partial charge in [0.2, 0.25) is 0 Å². The van der Waals surface area contributed by atoms with Crippen molar-refractivity contribution in [3.8, 4) is 0 Å². The van der Waals surface area contributed by atoms with Crippen molar-refractivity contribution >= 4 is 11.5 Å². The highest BCUT2D eigenvalue weighted by molar-refractivity contribution is 5.87. The highest BCUT2D eigenvalue weighted by Crippen LogP contribution is 2.19. The van der Waals surface area contributed by atoms with Crippen molar-refractivity contribution in [2.75, 3.05) is 0 Å². The second-order valence-corrected chi connectivity index (χ2v) is 3.66. The molecule has 3 heteroatoms. The van der Waals surface area contributed by atoms with Crippen LogP contribution in [0, 0.1) is 6.92 Å². The first-order valence-corrected chi connectivity index (χ1v) is 4.97. The zero-order chi connectivity index (χ0) is 11.0. The molecule has 0 aliphatic heterocycles. The largest absolute Gasteiger partial charge is 0.478 e. The third-order valence-electron chi connectivity index (χ3n) is 2.70. The molecule has 0 saturated carbocycles. The zero-order valence-electron chi connectivity index (χ0n) is 8.82. The lowest BCUT2D eigenvalue weighted by Gasteiger charge is -1.99. The monoisotopic (exact) mass is 203 g/mol. The lowest BCUT2D eigenvalue weighted by molar-refractivity contribution is 0.0696. The van der Waals surface area contributed by atoms with Crippen LogP contribution in [0.5, 0.6) is 0 Å². The summed E-state index contributed by atoms with van der Waals surface area (Å²) in [5, 5.41) is 8.86. The van der Waals surface area contributed by atoms with E-state index < -0.39 is 5.97 Å². The molecule has 0 unspecified atom stereocenters. The van der Waals surface area contributed by atoms with Crippen molar-refractivity contribution in [2.45, 2.75) is 20.3 Å². The van der Waals surface area contributed by atoms with Gasteiger partial charge < -0.3 is 9.51 Å². The summed E-state index contributed by atoms with van der Waals surface area (Å²) in [6.07, 6.45) is 4.60. The number of fused-ring (bicyclic) bond motifs is 1. The van der Waals surface area contributed by atoms with Crippen LogP contribution in [-0.2, 0) is 6.42 Å². The number of aromatic nitrogens is 1. The van der Waals surface area contributed by atoms with Crippen LogP contribution in [0.2, 0.25) is 0 Å². The maximum atomic E-state index is 10.8. The predicted molar refractivity (Wildman–Crippen MR) is 58.5 cm³/mol. The lowest BCUT2D eigenvalue weighted by atomic mass is 10.1. The second-order valence-electron chi connectivity index (χ2n) is 3.66. The number of aryl methyl sites for hydroxylation is 2. The SMILES string of the molecule is CCc1c(C)cn2cc(C(=O)O)ccc12. The number of carboxylic acid groups (broad SMARTS) is 1. The average molecular weight is 203 g/mol. The fourth-order valence-electron chi connectivity index (χ4n) is 1.96. The minimum atomic E-state index is -0.888. The summed E-state index contributed by atoms with van der Waals surface area (Å²) in [5.74, 6) is -0.888. The summed E-state index contributed by atoms with van der Waals surface area (Å²) in [5.41, 5.74) is 3.91. The van der Waals surface area contributed by atoms with Crippen molar-refractivity contribution in [1.29, 1.82) is 0 Å². The van der Waals surface area contributed by atoms with Crippen LogP contribution in [0.15, 0.2) is 24.5 Å². The van der Waals surface area contributed by atoms with Crippen LogP contribution < -0.4 is 0 Å². The number of nitrogens with zero attached hydrogens (tertiary/aromatic N) is 1. The van der Waals surface area contributed by atoms with E-state index in [0.29, 0.717) is 5.56 Å². The van der Waals surface area contributed by atoms with Crippen LogP contribution in [0.1, 0.15) is 28.4 Å². The van der Waals surface area contributed by atoms with Gasteiger partial charge in [-0.15, -0.1) is 0 Å². The lowest BCUT2D eigenvalue weighted by Crippen LogP contribution is -1.98. The van der Waals surface area contributed by atoms with Crippen molar-refractivity contribution in [3.05, 3.63) is 41.2 Å². The maximum Gasteiger partial charge on any atom is 0.337 e. The standard InChI is InChI=1S/C12H13NO2/c1-3-10-8(2)6-13-7-9(12(14)15)4-5-11(10)13/h4-7H,3H2,1-2H3,(H,14,15). The van der Waals surface area contributed by atoms with Crippen molar-refractivity contribution in [1.82, 2.24) is 4.40 Å². The van der Waals surface area contributed by atoms with E-state index >= 15 is 0 Å². The summed E-state index contributed by atoms with van der Waals surface area (Å²) < 4.78 is 1.89. The van der Waals surface area contributed by atoms with Crippen LogP contribution in [0.4, 0.5) is 0 Å². The molecule has 0 aliphatic carbocycles. The van der Waals surface area contributed by atoms with Crippen LogP contribution in [-0.4, -0.2) is 15.5 Å². The first-order chi connectivity index (χ1) is 7.13. The van der Waals surface area contributed by atoms with E-state index in [1.54, 1.807) is 12.3 Å². The number of aromatic carboxylic acids is 1. The molecule has 0 saturated heterocycles. The van der Waals surface area contributed by atoms with E-state index in [0.717, 1.165) is 11.9 Å². The van der Waals surface area contributed by atoms with Gasteiger partial charge in [-0.05, 0) is 36.6 Å². The number of hydrogen-bond acceptors (Lipinski definition) is 1. The number of rotatable bonds is 2. The Hall–Kier alpha value is -1.77. The number of carboxylic acids is 1. The molecule has 0 fully saturated rings. The van der Waals surface area contributed by atoms with Crippen molar-refractivity contribution in [3.63, 3.8) is 0 Å². The van der Waals surface area contributed by atoms with Gasteiger partial charge in [-0.2, -0.15) is 0 Å². The molecule has 0 aliphatic rings. The van der Waals surface area contributed by atoms with E-state index in [9.17, 15) is 4.79 Å². The maximum absolute atomic E-state index is 10.8. The third-order valence-corrected chi connectivity index (χ3v) is 2.70. The molecule has 0 spiro atoms. The molecule has 1 N–H and O–H groups in total. The molecule has 0 aromatic carbocycles. The number of carbonyl (C=O) groups is 1. The summed E-state index contributed by atoms with van der Waals surface area (Å²) in [6.45, 7) is 4.15. The van der Waals surface area contributed by atoms with Gasteiger partial charge in [0.05, 0.1) is 5.56 Å². The molecule has 2 heterocycles. The Morgan fingerprint density at radius 1 is 1.40 bits per heavy atom. The smallest absolute Gasteiger partial charge is 0.337 e. The van der Waals surface area contributed by atoms with Gasteiger partial charge in [0, 0.05) is 17.9 Å². The number of hydrogen-bond donors (Lipinski definition) is 1. The van der Waals surface area contributed by atoms with E-state index in [2.05, 4.69) is 6.92 Å². The normalized spacial score (nSPS) is 10.8. The Labute approximate surface area is 88.0 Å². The van der Waals surface area contributed by atoms with Crippen LogP contribution >= 0.6 is 0 Å². The zero-order valence-corrected chi connectivity index (χ0v) is 8.82. The van der Waals surface area contributed by atoms with Gasteiger partial charge in [-0.3, -0.25) is 0 Å². The summed E-state index contributed by atoms with van der Waals surface area (Å²) in [7, 11) is 0. The quantitative estimate of drug-likeness (QED) is 0.814. The molecule has 2 rings (SSSR count). The molecular formula is C12H13NO2. The summed E-state index contributed by atoms with van der Waals surface area (Å²) in [4.78, 5) is 10.8. The molecular weight excluding hydrogens is 190 g/mol. The fraction of sp³-hybridized carbons (Fsp3) is 0.250. The average Bonchev–Trinajstić information content (AvgIpc) is 2.51.